The van der Waals surface area contributed by atoms with E-state index in [0.717, 1.165) is 19.4 Å². The fourth-order valence-corrected chi connectivity index (χ4v) is 2.32. The van der Waals surface area contributed by atoms with Gasteiger partial charge in [0.25, 0.3) is 5.91 Å². The molecule has 6 nitrogen and oxygen atoms in total. The molecule has 2 N–H and O–H groups in total. The third kappa shape index (κ3) is 4.23. The maximum absolute atomic E-state index is 13.1. The fourth-order valence-electron chi connectivity index (χ4n) is 2.32. The molecule has 1 unspecified atom stereocenters. The van der Waals surface area contributed by atoms with E-state index < -0.39 is 0 Å². The van der Waals surface area contributed by atoms with Crippen molar-refractivity contribution in [1.82, 2.24) is 15.3 Å². The highest BCUT2D eigenvalue weighted by Gasteiger charge is 2.16. The number of hydrogen-bond donors (Lipinski definition) is 2. The van der Waals surface area contributed by atoms with Gasteiger partial charge in [0.05, 0.1) is 11.7 Å². The number of rotatable bonds is 5. The van der Waals surface area contributed by atoms with E-state index in [-0.39, 0.29) is 17.8 Å². The largest absolute Gasteiger partial charge is 0.376 e. The molecule has 23 heavy (non-hydrogen) atoms. The number of benzene rings is 1. The lowest BCUT2D eigenvalue weighted by molar-refractivity contribution is 0.0857. The van der Waals surface area contributed by atoms with Crippen LogP contribution < -0.4 is 10.6 Å². The van der Waals surface area contributed by atoms with Crippen LogP contribution >= 0.6 is 0 Å². The summed E-state index contributed by atoms with van der Waals surface area (Å²) >= 11 is 0. The van der Waals surface area contributed by atoms with E-state index in [9.17, 15) is 9.18 Å². The summed E-state index contributed by atoms with van der Waals surface area (Å²) in [6.07, 6.45) is 4.95. The van der Waals surface area contributed by atoms with Crippen LogP contribution in [0.1, 0.15) is 23.2 Å². The molecule has 7 heteroatoms. The second kappa shape index (κ2) is 7.15. The van der Waals surface area contributed by atoms with Crippen molar-refractivity contribution in [3.05, 3.63) is 48.0 Å². The number of nitrogens with one attached hydrogen (secondary N) is 2. The monoisotopic (exact) mass is 316 g/mol. The van der Waals surface area contributed by atoms with Crippen molar-refractivity contribution < 1.29 is 13.9 Å². The number of halogens is 1. The van der Waals surface area contributed by atoms with Crippen LogP contribution in [0.5, 0.6) is 0 Å². The number of carbonyl (C=O) groups is 1. The van der Waals surface area contributed by atoms with Gasteiger partial charge in [0.15, 0.2) is 0 Å². The molecule has 1 atom stereocenters. The van der Waals surface area contributed by atoms with Crippen molar-refractivity contribution in [3.8, 4) is 0 Å². The Morgan fingerprint density at radius 2 is 2.17 bits per heavy atom. The predicted octanol–water partition coefficient (Wildman–Crippen LogP) is 2.27. The molecule has 1 saturated heterocycles. The van der Waals surface area contributed by atoms with Crippen LogP contribution in [0.25, 0.3) is 0 Å². The minimum atomic E-state index is -0.347. The summed E-state index contributed by atoms with van der Waals surface area (Å²) in [6, 6.07) is 5.98. The Labute approximate surface area is 133 Å². The number of carbonyl (C=O) groups excluding carboxylic acids is 1. The Bertz CT molecular complexity index is 672. The van der Waals surface area contributed by atoms with Gasteiger partial charge < -0.3 is 15.4 Å². The van der Waals surface area contributed by atoms with Gasteiger partial charge >= 0.3 is 0 Å². The van der Waals surface area contributed by atoms with E-state index in [0.29, 0.717) is 23.7 Å². The number of ether oxygens (including phenoxy) is 1. The molecule has 1 aromatic carbocycles. The molecule has 1 aromatic heterocycles. The minimum absolute atomic E-state index is 0.0915. The molecule has 2 heterocycles. The van der Waals surface area contributed by atoms with Crippen LogP contribution in [0, 0.1) is 5.82 Å². The Kier molecular flexibility index (Phi) is 4.77. The topological polar surface area (TPSA) is 76.1 Å². The lowest BCUT2D eigenvalue weighted by Crippen LogP contribution is -2.31. The van der Waals surface area contributed by atoms with Gasteiger partial charge in [-0.15, -0.1) is 0 Å². The van der Waals surface area contributed by atoms with Crippen molar-refractivity contribution in [2.24, 2.45) is 0 Å². The van der Waals surface area contributed by atoms with Crippen LogP contribution in [0.15, 0.2) is 36.7 Å². The van der Waals surface area contributed by atoms with Crippen LogP contribution in [0.3, 0.4) is 0 Å². The van der Waals surface area contributed by atoms with E-state index in [1.54, 1.807) is 12.1 Å². The molecule has 3 rings (SSSR count). The SMILES string of the molecule is O=C(NCC1CCCO1)c1cnc(Nc2cccc(F)c2)nc1. The van der Waals surface area contributed by atoms with E-state index in [2.05, 4.69) is 20.6 Å². The zero-order valence-corrected chi connectivity index (χ0v) is 12.5. The van der Waals surface area contributed by atoms with Crippen molar-refractivity contribution >= 4 is 17.5 Å². The average Bonchev–Trinajstić information content (AvgIpc) is 3.07. The van der Waals surface area contributed by atoms with E-state index in [1.165, 1.54) is 24.5 Å². The van der Waals surface area contributed by atoms with Crippen LogP contribution in [0.2, 0.25) is 0 Å². The van der Waals surface area contributed by atoms with Crippen LogP contribution in [-0.4, -0.2) is 35.1 Å². The summed E-state index contributed by atoms with van der Waals surface area (Å²) in [5, 5.41) is 5.68. The second-order valence-corrected chi connectivity index (χ2v) is 5.28. The molecule has 0 radical (unpaired) electrons. The van der Waals surface area contributed by atoms with Crippen LogP contribution in [0.4, 0.5) is 16.0 Å². The Hall–Kier alpha value is -2.54. The molecule has 0 spiro atoms. The maximum Gasteiger partial charge on any atom is 0.254 e. The Morgan fingerprint density at radius 3 is 2.87 bits per heavy atom. The molecule has 0 aliphatic carbocycles. The molecular formula is C16H17FN4O2. The van der Waals surface area contributed by atoms with Crippen molar-refractivity contribution in [1.29, 1.82) is 0 Å². The summed E-state index contributed by atoms with van der Waals surface area (Å²) in [5.74, 6) is -0.288. The quantitative estimate of drug-likeness (QED) is 0.885. The fraction of sp³-hybridized carbons (Fsp3) is 0.312. The molecule has 1 aliphatic rings. The molecule has 1 amide bonds. The molecule has 1 aliphatic heterocycles. The molecule has 1 fully saturated rings. The van der Waals surface area contributed by atoms with E-state index >= 15 is 0 Å². The average molecular weight is 316 g/mol. The normalized spacial score (nSPS) is 17.0. The third-order valence-electron chi connectivity index (χ3n) is 3.51. The zero-order chi connectivity index (χ0) is 16.1. The van der Waals surface area contributed by atoms with Gasteiger partial charge in [-0.2, -0.15) is 0 Å². The first kappa shape index (κ1) is 15.4. The van der Waals surface area contributed by atoms with Crippen molar-refractivity contribution in [2.75, 3.05) is 18.5 Å². The number of anilines is 2. The van der Waals surface area contributed by atoms with Crippen LogP contribution in [-0.2, 0) is 4.74 Å². The van der Waals surface area contributed by atoms with Gasteiger partial charge in [0, 0.05) is 31.2 Å². The predicted molar refractivity (Wildman–Crippen MR) is 83.0 cm³/mol. The van der Waals surface area contributed by atoms with Gasteiger partial charge in [-0.25, -0.2) is 14.4 Å². The first-order chi connectivity index (χ1) is 11.2. The van der Waals surface area contributed by atoms with Crippen molar-refractivity contribution in [3.63, 3.8) is 0 Å². The third-order valence-corrected chi connectivity index (χ3v) is 3.51. The van der Waals surface area contributed by atoms with Crippen molar-refractivity contribution in [2.45, 2.75) is 18.9 Å². The molecule has 120 valence electrons. The Morgan fingerprint density at radius 1 is 1.35 bits per heavy atom. The first-order valence-corrected chi connectivity index (χ1v) is 7.45. The standard InChI is InChI=1S/C16H17FN4O2/c17-12-3-1-4-13(7-12)21-16-19-8-11(9-20-16)15(22)18-10-14-5-2-6-23-14/h1,3-4,7-9,14H,2,5-6,10H2,(H,18,22)(H,19,20,21). The minimum Gasteiger partial charge on any atom is -0.376 e. The van der Waals surface area contributed by atoms with E-state index in [4.69, 9.17) is 4.74 Å². The molecule has 0 saturated carbocycles. The lowest BCUT2D eigenvalue weighted by Gasteiger charge is -2.10. The summed E-state index contributed by atoms with van der Waals surface area (Å²) in [7, 11) is 0. The maximum atomic E-state index is 13.1. The highest BCUT2D eigenvalue weighted by molar-refractivity contribution is 5.93. The Balaban J connectivity index is 1.56. The molecule has 0 bridgehead atoms. The smallest absolute Gasteiger partial charge is 0.254 e. The second-order valence-electron chi connectivity index (χ2n) is 5.28. The highest BCUT2D eigenvalue weighted by Crippen LogP contribution is 2.14. The number of nitrogens with zero attached hydrogens (tertiary/aromatic N) is 2. The zero-order valence-electron chi connectivity index (χ0n) is 12.5. The van der Waals surface area contributed by atoms with Gasteiger partial charge in [-0.05, 0) is 31.0 Å². The number of aromatic nitrogens is 2. The summed E-state index contributed by atoms with van der Waals surface area (Å²) < 4.78 is 18.6. The van der Waals surface area contributed by atoms with Gasteiger partial charge in [0.2, 0.25) is 5.95 Å². The number of hydrogen-bond acceptors (Lipinski definition) is 5. The van der Waals surface area contributed by atoms with Gasteiger partial charge in [-0.1, -0.05) is 6.07 Å². The van der Waals surface area contributed by atoms with E-state index in [1.807, 2.05) is 0 Å². The first-order valence-electron chi connectivity index (χ1n) is 7.45. The highest BCUT2D eigenvalue weighted by atomic mass is 19.1. The summed E-state index contributed by atoms with van der Waals surface area (Å²) in [6.45, 7) is 1.24. The summed E-state index contributed by atoms with van der Waals surface area (Å²) in [5.41, 5.74) is 0.911. The number of amides is 1. The molecular weight excluding hydrogens is 299 g/mol. The van der Waals surface area contributed by atoms with Gasteiger partial charge in [-0.3, -0.25) is 4.79 Å². The lowest BCUT2D eigenvalue weighted by atomic mass is 10.2. The van der Waals surface area contributed by atoms with Gasteiger partial charge in [0.1, 0.15) is 5.82 Å². The molecule has 2 aromatic rings. The summed E-state index contributed by atoms with van der Waals surface area (Å²) in [4.78, 5) is 20.1.